The number of anilines is 2. The van der Waals surface area contributed by atoms with Crippen molar-refractivity contribution in [3.8, 4) is 11.5 Å². The number of rotatable bonds is 8. The van der Waals surface area contributed by atoms with Gasteiger partial charge in [0.2, 0.25) is 5.91 Å². The zero-order valence-corrected chi connectivity index (χ0v) is 18.8. The van der Waals surface area contributed by atoms with Crippen LogP contribution in [0.15, 0.2) is 36.4 Å². The Morgan fingerprint density at radius 2 is 1.91 bits per heavy atom. The van der Waals surface area contributed by atoms with Crippen LogP contribution in [0.5, 0.6) is 11.5 Å². The van der Waals surface area contributed by atoms with Crippen LogP contribution >= 0.6 is 0 Å². The van der Waals surface area contributed by atoms with Crippen LogP contribution in [0.3, 0.4) is 0 Å². The van der Waals surface area contributed by atoms with Crippen molar-refractivity contribution in [3.63, 3.8) is 0 Å². The van der Waals surface area contributed by atoms with E-state index in [0.717, 1.165) is 48.6 Å². The first kappa shape index (κ1) is 22.0. The molecule has 0 spiro atoms. The number of carbonyl (C=O) groups excluding carboxylic acids is 2. The van der Waals surface area contributed by atoms with Crippen molar-refractivity contribution >= 4 is 23.2 Å². The SMILES string of the molecule is CCOc1ccc(CCNC(=O)c2ccc3c(c2)NC(=O)[C@H]2CCCCN32)cc1OCC. The highest BCUT2D eigenvalue weighted by Gasteiger charge is 2.34. The molecule has 7 nitrogen and oxygen atoms in total. The molecule has 2 aromatic carbocycles. The molecule has 2 heterocycles. The normalized spacial score (nSPS) is 17.1. The minimum Gasteiger partial charge on any atom is -0.490 e. The number of nitrogens with one attached hydrogen (secondary N) is 2. The molecular formula is C25H31N3O4. The molecule has 0 aliphatic carbocycles. The fourth-order valence-corrected chi connectivity index (χ4v) is 4.41. The number of carbonyl (C=O) groups is 2. The molecule has 4 rings (SSSR count). The van der Waals surface area contributed by atoms with Gasteiger partial charge in [-0.3, -0.25) is 9.59 Å². The second kappa shape index (κ2) is 9.94. The van der Waals surface area contributed by atoms with Crippen molar-refractivity contribution in [1.29, 1.82) is 0 Å². The molecule has 2 aliphatic rings. The molecular weight excluding hydrogens is 406 g/mol. The summed E-state index contributed by atoms with van der Waals surface area (Å²) in [5.74, 6) is 1.32. The van der Waals surface area contributed by atoms with Crippen LogP contribution in [0, 0.1) is 0 Å². The Morgan fingerprint density at radius 1 is 1.09 bits per heavy atom. The standard InChI is InChI=1S/C25H31N3O4/c1-3-31-22-11-8-17(15-23(22)32-4-2)12-13-26-24(29)18-9-10-20-19(16-18)27-25(30)21-7-5-6-14-28(20)21/h8-11,15-16,21H,3-7,12-14H2,1-2H3,(H,26,29)(H,27,30)/t21-/m1/s1. The predicted molar refractivity (Wildman–Crippen MR) is 125 cm³/mol. The number of ether oxygens (including phenoxy) is 2. The first-order chi connectivity index (χ1) is 15.6. The first-order valence-corrected chi connectivity index (χ1v) is 11.5. The van der Waals surface area contributed by atoms with Crippen LogP contribution in [0.1, 0.15) is 49.0 Å². The summed E-state index contributed by atoms with van der Waals surface area (Å²) in [6.45, 7) is 6.39. The number of nitrogens with zero attached hydrogens (tertiary/aromatic N) is 1. The number of hydrogen-bond donors (Lipinski definition) is 2. The van der Waals surface area contributed by atoms with Crippen molar-refractivity contribution < 1.29 is 19.1 Å². The Labute approximate surface area is 189 Å². The van der Waals surface area contributed by atoms with E-state index < -0.39 is 0 Å². The first-order valence-electron chi connectivity index (χ1n) is 11.5. The summed E-state index contributed by atoms with van der Waals surface area (Å²) >= 11 is 0. The lowest BCUT2D eigenvalue weighted by Gasteiger charge is -2.41. The Bertz CT molecular complexity index is 991. The van der Waals surface area contributed by atoms with E-state index in [9.17, 15) is 9.59 Å². The summed E-state index contributed by atoms with van der Waals surface area (Å²) in [5.41, 5.74) is 3.32. The van der Waals surface area contributed by atoms with Crippen molar-refractivity contribution in [1.82, 2.24) is 5.32 Å². The highest BCUT2D eigenvalue weighted by Crippen LogP contribution is 2.36. The Morgan fingerprint density at radius 3 is 2.72 bits per heavy atom. The molecule has 1 atom stereocenters. The summed E-state index contributed by atoms with van der Waals surface area (Å²) in [5, 5.41) is 5.96. The second-order valence-electron chi connectivity index (χ2n) is 8.08. The van der Waals surface area contributed by atoms with Crippen molar-refractivity contribution in [2.45, 2.75) is 45.6 Å². The lowest BCUT2D eigenvalue weighted by Crippen LogP contribution is -2.50. The predicted octanol–water partition coefficient (Wildman–Crippen LogP) is 3.77. The molecule has 0 saturated carbocycles. The van der Waals surface area contributed by atoms with E-state index in [1.807, 2.05) is 44.2 Å². The molecule has 0 bridgehead atoms. The van der Waals surface area contributed by atoms with E-state index in [-0.39, 0.29) is 17.9 Å². The number of benzene rings is 2. The van der Waals surface area contributed by atoms with Crippen LogP contribution in [-0.2, 0) is 11.2 Å². The second-order valence-corrected chi connectivity index (χ2v) is 8.08. The zero-order valence-electron chi connectivity index (χ0n) is 18.8. The van der Waals surface area contributed by atoms with Gasteiger partial charge in [-0.15, -0.1) is 0 Å². The minimum absolute atomic E-state index is 0.0235. The molecule has 2 aliphatic heterocycles. The molecule has 2 aromatic rings. The van der Waals surface area contributed by atoms with E-state index in [1.165, 1.54) is 0 Å². The molecule has 32 heavy (non-hydrogen) atoms. The van der Waals surface area contributed by atoms with E-state index in [2.05, 4.69) is 15.5 Å². The van der Waals surface area contributed by atoms with Crippen LogP contribution in [-0.4, -0.2) is 44.2 Å². The maximum Gasteiger partial charge on any atom is 0.251 e. The average molecular weight is 438 g/mol. The van der Waals surface area contributed by atoms with Crippen LogP contribution in [0.4, 0.5) is 11.4 Å². The summed E-state index contributed by atoms with van der Waals surface area (Å²) < 4.78 is 11.3. The molecule has 1 fully saturated rings. The maximum atomic E-state index is 12.7. The van der Waals surface area contributed by atoms with Gasteiger partial charge in [-0.2, -0.15) is 0 Å². The maximum absolute atomic E-state index is 12.7. The van der Waals surface area contributed by atoms with E-state index in [4.69, 9.17) is 9.47 Å². The highest BCUT2D eigenvalue weighted by molar-refractivity contribution is 6.05. The average Bonchev–Trinajstić information content (AvgIpc) is 2.81. The summed E-state index contributed by atoms with van der Waals surface area (Å²) in [6, 6.07) is 11.3. The molecule has 0 unspecified atom stereocenters. The van der Waals surface area contributed by atoms with Crippen molar-refractivity contribution in [3.05, 3.63) is 47.5 Å². The van der Waals surface area contributed by atoms with Gasteiger partial charge in [0.15, 0.2) is 11.5 Å². The monoisotopic (exact) mass is 437 g/mol. The molecule has 7 heteroatoms. The van der Waals surface area contributed by atoms with Gasteiger partial charge >= 0.3 is 0 Å². The van der Waals surface area contributed by atoms with Gasteiger partial charge in [-0.25, -0.2) is 0 Å². The number of fused-ring (bicyclic) bond motifs is 3. The highest BCUT2D eigenvalue weighted by atomic mass is 16.5. The molecule has 1 saturated heterocycles. The molecule has 0 radical (unpaired) electrons. The van der Waals surface area contributed by atoms with E-state index >= 15 is 0 Å². The minimum atomic E-state index is -0.154. The third kappa shape index (κ3) is 4.66. The summed E-state index contributed by atoms with van der Waals surface area (Å²) in [4.78, 5) is 27.3. The number of amides is 2. The van der Waals surface area contributed by atoms with E-state index in [1.54, 1.807) is 6.07 Å². The van der Waals surface area contributed by atoms with Gasteiger partial charge in [0.25, 0.3) is 5.91 Å². The van der Waals surface area contributed by atoms with Crippen molar-refractivity contribution in [2.24, 2.45) is 0 Å². The molecule has 0 aromatic heterocycles. The van der Waals surface area contributed by atoms with Gasteiger partial charge in [0.1, 0.15) is 6.04 Å². The van der Waals surface area contributed by atoms with Crippen molar-refractivity contribution in [2.75, 3.05) is 36.5 Å². The smallest absolute Gasteiger partial charge is 0.251 e. The number of piperidine rings is 1. The summed E-state index contributed by atoms with van der Waals surface area (Å²) in [6.07, 6.45) is 3.71. The van der Waals surface area contributed by atoms with Gasteiger partial charge < -0.3 is 25.0 Å². The fourth-order valence-electron chi connectivity index (χ4n) is 4.41. The van der Waals surface area contributed by atoms with Gasteiger partial charge in [-0.1, -0.05) is 6.07 Å². The summed E-state index contributed by atoms with van der Waals surface area (Å²) in [7, 11) is 0. The van der Waals surface area contributed by atoms with Crippen LogP contribution in [0.2, 0.25) is 0 Å². The van der Waals surface area contributed by atoms with Gasteiger partial charge in [0, 0.05) is 18.7 Å². The quantitative estimate of drug-likeness (QED) is 0.657. The van der Waals surface area contributed by atoms with Crippen LogP contribution in [0.25, 0.3) is 0 Å². The van der Waals surface area contributed by atoms with Gasteiger partial charge in [0.05, 0.1) is 24.6 Å². The third-order valence-electron chi connectivity index (χ3n) is 5.94. The largest absolute Gasteiger partial charge is 0.490 e. The van der Waals surface area contributed by atoms with Crippen LogP contribution < -0.4 is 25.0 Å². The van der Waals surface area contributed by atoms with Gasteiger partial charge in [-0.05, 0) is 75.4 Å². The third-order valence-corrected chi connectivity index (χ3v) is 5.94. The van der Waals surface area contributed by atoms with E-state index in [0.29, 0.717) is 37.4 Å². The fraction of sp³-hybridized carbons (Fsp3) is 0.440. The Balaban J connectivity index is 1.38. The lowest BCUT2D eigenvalue weighted by molar-refractivity contribution is -0.118. The Hall–Kier alpha value is -3.22. The molecule has 2 N–H and O–H groups in total. The molecule has 2 amide bonds. The Kier molecular flexibility index (Phi) is 6.83. The number of hydrogen-bond acceptors (Lipinski definition) is 5. The molecule has 170 valence electrons. The lowest BCUT2D eigenvalue weighted by atomic mass is 9.97. The topological polar surface area (TPSA) is 79.9 Å². The zero-order chi connectivity index (χ0) is 22.5.